The van der Waals surface area contributed by atoms with Crippen molar-refractivity contribution in [2.45, 2.75) is 0 Å². The van der Waals surface area contributed by atoms with E-state index in [0.29, 0.717) is 17.0 Å². The lowest BCUT2D eigenvalue weighted by Crippen LogP contribution is -2.27. The maximum absolute atomic E-state index is 12.1. The van der Waals surface area contributed by atoms with Crippen LogP contribution < -0.4 is 4.90 Å². The fourth-order valence-electron chi connectivity index (χ4n) is 2.37. The molecule has 1 N–H and O–H groups in total. The van der Waals surface area contributed by atoms with Crippen LogP contribution in [-0.4, -0.2) is 30.3 Å². The predicted octanol–water partition coefficient (Wildman–Crippen LogP) is 2.86. The van der Waals surface area contributed by atoms with Gasteiger partial charge in [0.1, 0.15) is 12.3 Å². The summed E-state index contributed by atoms with van der Waals surface area (Å²) in [5, 5.41) is 10.6. The standard InChI is InChI=1S/C16H13ClN2O2/c1-19-12-8-7-11(17)16(21)14(12)15(18-9-13(19)20)10-5-3-2-4-6-10/h2-8,21H,9H2,1H3. The summed E-state index contributed by atoms with van der Waals surface area (Å²) < 4.78 is 0. The maximum atomic E-state index is 12.1. The van der Waals surface area contributed by atoms with Gasteiger partial charge in [-0.1, -0.05) is 41.9 Å². The topological polar surface area (TPSA) is 52.9 Å². The molecule has 0 radical (unpaired) electrons. The number of likely N-dealkylation sites (N-methyl/N-ethyl adjacent to an activating group) is 1. The number of halogens is 1. The van der Waals surface area contributed by atoms with E-state index < -0.39 is 0 Å². The molecule has 1 aliphatic heterocycles. The second-order valence-corrected chi connectivity index (χ2v) is 5.18. The van der Waals surface area contributed by atoms with Gasteiger partial charge in [0, 0.05) is 12.6 Å². The molecule has 0 saturated carbocycles. The van der Waals surface area contributed by atoms with Gasteiger partial charge in [-0.3, -0.25) is 9.79 Å². The lowest BCUT2D eigenvalue weighted by atomic mass is 9.99. The van der Waals surface area contributed by atoms with E-state index >= 15 is 0 Å². The van der Waals surface area contributed by atoms with E-state index in [2.05, 4.69) is 4.99 Å². The Hall–Kier alpha value is -2.33. The van der Waals surface area contributed by atoms with Crippen molar-refractivity contribution in [2.75, 3.05) is 18.5 Å². The summed E-state index contributed by atoms with van der Waals surface area (Å²) in [6, 6.07) is 12.7. The van der Waals surface area contributed by atoms with Crippen LogP contribution in [0.15, 0.2) is 47.5 Å². The van der Waals surface area contributed by atoms with Gasteiger partial charge >= 0.3 is 0 Å². The fraction of sp³-hybridized carbons (Fsp3) is 0.125. The third-order valence-corrected chi connectivity index (χ3v) is 3.80. The van der Waals surface area contributed by atoms with Crippen LogP contribution in [-0.2, 0) is 4.79 Å². The molecule has 0 unspecified atom stereocenters. The molecular formula is C16H13ClN2O2. The predicted molar refractivity (Wildman–Crippen MR) is 83.5 cm³/mol. The first-order chi connectivity index (χ1) is 10.1. The van der Waals surface area contributed by atoms with Gasteiger partial charge in [-0.2, -0.15) is 0 Å². The Kier molecular flexibility index (Phi) is 3.39. The van der Waals surface area contributed by atoms with Crippen molar-refractivity contribution in [3.05, 3.63) is 58.6 Å². The largest absolute Gasteiger partial charge is 0.506 e. The van der Waals surface area contributed by atoms with E-state index in [9.17, 15) is 9.90 Å². The van der Waals surface area contributed by atoms with E-state index in [1.165, 1.54) is 4.90 Å². The van der Waals surface area contributed by atoms with Crippen molar-refractivity contribution in [2.24, 2.45) is 4.99 Å². The maximum Gasteiger partial charge on any atom is 0.248 e. The van der Waals surface area contributed by atoms with Gasteiger partial charge in [0.05, 0.1) is 22.0 Å². The number of hydrogen-bond donors (Lipinski definition) is 1. The number of rotatable bonds is 1. The van der Waals surface area contributed by atoms with E-state index in [-0.39, 0.29) is 23.2 Å². The summed E-state index contributed by atoms with van der Waals surface area (Å²) in [6.45, 7) is 0.0342. The number of phenolic OH excluding ortho intramolecular Hbond substituents is 1. The molecule has 2 aromatic rings. The molecule has 3 rings (SSSR count). The van der Waals surface area contributed by atoms with Crippen molar-refractivity contribution in [1.82, 2.24) is 0 Å². The Bertz CT molecular complexity index is 741. The summed E-state index contributed by atoms with van der Waals surface area (Å²) in [6.07, 6.45) is 0. The molecule has 5 heteroatoms. The Balaban J connectivity index is 2.30. The molecule has 4 nitrogen and oxygen atoms in total. The van der Waals surface area contributed by atoms with Gasteiger partial charge in [-0.25, -0.2) is 0 Å². The number of amides is 1. The molecule has 1 heterocycles. The molecule has 1 amide bonds. The molecule has 0 fully saturated rings. The van der Waals surface area contributed by atoms with E-state index in [1.54, 1.807) is 19.2 Å². The van der Waals surface area contributed by atoms with Gasteiger partial charge in [0.25, 0.3) is 0 Å². The molecule has 106 valence electrons. The van der Waals surface area contributed by atoms with Gasteiger partial charge in [0.2, 0.25) is 5.91 Å². The second kappa shape index (κ2) is 5.22. The van der Waals surface area contributed by atoms with Gasteiger partial charge in [0.15, 0.2) is 0 Å². The van der Waals surface area contributed by atoms with Crippen LogP contribution >= 0.6 is 11.6 Å². The van der Waals surface area contributed by atoms with Crippen LogP contribution in [0.4, 0.5) is 5.69 Å². The number of fused-ring (bicyclic) bond motifs is 1. The monoisotopic (exact) mass is 300 g/mol. The number of hydrogen-bond acceptors (Lipinski definition) is 3. The van der Waals surface area contributed by atoms with Crippen molar-refractivity contribution < 1.29 is 9.90 Å². The number of phenols is 1. The van der Waals surface area contributed by atoms with Crippen molar-refractivity contribution >= 4 is 28.9 Å². The molecule has 2 aromatic carbocycles. The van der Waals surface area contributed by atoms with Crippen LogP contribution in [0, 0.1) is 0 Å². The van der Waals surface area contributed by atoms with Crippen LogP contribution in [0.2, 0.25) is 5.02 Å². The first-order valence-electron chi connectivity index (χ1n) is 6.48. The first kappa shape index (κ1) is 13.6. The first-order valence-corrected chi connectivity index (χ1v) is 6.85. The fourth-order valence-corrected chi connectivity index (χ4v) is 2.52. The van der Waals surface area contributed by atoms with Crippen LogP contribution in [0.5, 0.6) is 5.75 Å². The highest BCUT2D eigenvalue weighted by molar-refractivity contribution is 6.34. The molecule has 21 heavy (non-hydrogen) atoms. The minimum Gasteiger partial charge on any atom is -0.506 e. The molecule has 0 atom stereocenters. The number of anilines is 1. The van der Waals surface area contributed by atoms with Crippen molar-refractivity contribution in [1.29, 1.82) is 0 Å². The number of carbonyl (C=O) groups is 1. The summed E-state index contributed by atoms with van der Waals surface area (Å²) >= 11 is 6.03. The molecule has 0 aromatic heterocycles. The summed E-state index contributed by atoms with van der Waals surface area (Å²) in [4.78, 5) is 17.9. The summed E-state index contributed by atoms with van der Waals surface area (Å²) in [5.74, 6) is -0.192. The quantitative estimate of drug-likeness (QED) is 0.880. The highest BCUT2D eigenvalue weighted by Gasteiger charge is 2.26. The number of benzodiazepines with no additional fused rings is 1. The Morgan fingerprint density at radius 1 is 1.19 bits per heavy atom. The van der Waals surface area contributed by atoms with Crippen molar-refractivity contribution in [3.8, 4) is 5.75 Å². The Morgan fingerprint density at radius 3 is 2.62 bits per heavy atom. The number of benzene rings is 2. The van der Waals surface area contributed by atoms with Gasteiger partial charge in [-0.05, 0) is 12.1 Å². The molecule has 0 bridgehead atoms. The van der Waals surface area contributed by atoms with E-state index in [1.807, 2.05) is 30.3 Å². The number of aliphatic imine (C=N–C) groups is 1. The van der Waals surface area contributed by atoms with Crippen LogP contribution in [0.3, 0.4) is 0 Å². The molecule has 0 aliphatic carbocycles. The normalized spacial score (nSPS) is 14.5. The lowest BCUT2D eigenvalue weighted by Gasteiger charge is -2.19. The SMILES string of the molecule is CN1C(=O)CN=C(c2ccccc2)c2c1ccc(Cl)c2O. The zero-order valence-electron chi connectivity index (χ0n) is 11.4. The minimum atomic E-state index is -0.135. The second-order valence-electron chi connectivity index (χ2n) is 4.77. The number of carbonyl (C=O) groups excluding carboxylic acids is 1. The highest BCUT2D eigenvalue weighted by Crippen LogP contribution is 2.37. The zero-order valence-corrected chi connectivity index (χ0v) is 12.1. The molecular weight excluding hydrogens is 288 g/mol. The molecule has 1 aliphatic rings. The van der Waals surface area contributed by atoms with Gasteiger partial charge in [-0.15, -0.1) is 0 Å². The van der Waals surface area contributed by atoms with E-state index in [0.717, 1.165) is 5.56 Å². The lowest BCUT2D eigenvalue weighted by molar-refractivity contribution is -0.116. The van der Waals surface area contributed by atoms with Crippen LogP contribution in [0.1, 0.15) is 11.1 Å². The number of aromatic hydroxyl groups is 1. The summed E-state index contributed by atoms with van der Waals surface area (Å²) in [5.41, 5.74) is 2.49. The smallest absolute Gasteiger partial charge is 0.248 e. The third-order valence-electron chi connectivity index (χ3n) is 3.50. The zero-order chi connectivity index (χ0) is 15.0. The average Bonchev–Trinajstić information content (AvgIpc) is 2.63. The minimum absolute atomic E-state index is 0.0342. The highest BCUT2D eigenvalue weighted by atomic mass is 35.5. The third kappa shape index (κ3) is 2.28. The van der Waals surface area contributed by atoms with E-state index in [4.69, 9.17) is 11.6 Å². The Morgan fingerprint density at radius 2 is 1.90 bits per heavy atom. The molecule has 0 saturated heterocycles. The number of nitrogens with zero attached hydrogens (tertiary/aromatic N) is 2. The average molecular weight is 301 g/mol. The summed E-state index contributed by atoms with van der Waals surface area (Å²) in [7, 11) is 1.66. The molecule has 0 spiro atoms. The van der Waals surface area contributed by atoms with Crippen molar-refractivity contribution in [3.63, 3.8) is 0 Å². The van der Waals surface area contributed by atoms with Crippen LogP contribution in [0.25, 0.3) is 0 Å². The van der Waals surface area contributed by atoms with Gasteiger partial charge < -0.3 is 10.0 Å². The Labute approximate surface area is 127 Å².